The predicted octanol–water partition coefficient (Wildman–Crippen LogP) is 1.71. The molecule has 0 bridgehead atoms. The van der Waals surface area contributed by atoms with Crippen LogP contribution in [0.2, 0.25) is 0 Å². The molecule has 1 saturated heterocycles. The molecular formula is C10H20F2N2. The molecule has 0 aromatic carbocycles. The van der Waals surface area contributed by atoms with Gasteiger partial charge in [-0.3, -0.25) is 4.90 Å². The van der Waals surface area contributed by atoms with Gasteiger partial charge in [0.25, 0.3) is 6.43 Å². The van der Waals surface area contributed by atoms with E-state index in [9.17, 15) is 8.78 Å². The van der Waals surface area contributed by atoms with E-state index in [2.05, 4.69) is 5.32 Å². The molecular weight excluding hydrogens is 186 g/mol. The van der Waals surface area contributed by atoms with Gasteiger partial charge in [0.15, 0.2) is 0 Å². The number of hydrogen-bond donors (Lipinski definition) is 1. The van der Waals surface area contributed by atoms with Crippen molar-refractivity contribution in [2.75, 3.05) is 19.6 Å². The first kappa shape index (κ1) is 11.9. The maximum atomic E-state index is 12.3. The zero-order valence-electron chi connectivity index (χ0n) is 8.97. The van der Waals surface area contributed by atoms with Crippen LogP contribution in [-0.4, -0.2) is 43.0 Å². The molecule has 1 aliphatic heterocycles. The standard InChI is InChI=1S/C10H20F2N2/c1-8(2)14(7-10(11)12)6-9-4-3-5-13-9/h8-10,13H,3-7H2,1-2H3. The summed E-state index contributed by atoms with van der Waals surface area (Å²) in [5.74, 6) is 0. The minimum atomic E-state index is -2.22. The highest BCUT2D eigenvalue weighted by atomic mass is 19.3. The van der Waals surface area contributed by atoms with Crippen molar-refractivity contribution in [1.29, 1.82) is 0 Å². The summed E-state index contributed by atoms with van der Waals surface area (Å²) in [5, 5.41) is 3.33. The fourth-order valence-electron chi connectivity index (χ4n) is 1.87. The Balaban J connectivity index is 2.33. The molecule has 0 radical (unpaired) electrons. The maximum absolute atomic E-state index is 12.3. The molecule has 2 nitrogen and oxygen atoms in total. The molecule has 1 fully saturated rings. The SMILES string of the molecule is CC(C)N(CC(F)F)CC1CCCN1. The van der Waals surface area contributed by atoms with Gasteiger partial charge in [-0.2, -0.15) is 0 Å². The molecule has 0 aromatic rings. The second-order valence-electron chi connectivity index (χ2n) is 4.23. The van der Waals surface area contributed by atoms with Gasteiger partial charge < -0.3 is 5.32 Å². The van der Waals surface area contributed by atoms with Crippen molar-refractivity contribution in [2.45, 2.75) is 45.2 Å². The van der Waals surface area contributed by atoms with E-state index in [0.717, 1.165) is 19.5 Å². The van der Waals surface area contributed by atoms with E-state index in [1.165, 1.54) is 6.42 Å². The van der Waals surface area contributed by atoms with Gasteiger partial charge in [-0.15, -0.1) is 0 Å². The third kappa shape index (κ3) is 3.88. The van der Waals surface area contributed by atoms with Gasteiger partial charge in [0, 0.05) is 18.6 Å². The van der Waals surface area contributed by atoms with Gasteiger partial charge in [0.05, 0.1) is 6.54 Å². The summed E-state index contributed by atoms with van der Waals surface area (Å²) in [5.41, 5.74) is 0. The minimum absolute atomic E-state index is 0.101. The van der Waals surface area contributed by atoms with E-state index in [-0.39, 0.29) is 12.6 Å². The highest BCUT2D eigenvalue weighted by Gasteiger charge is 2.21. The lowest BCUT2D eigenvalue weighted by atomic mass is 10.2. The maximum Gasteiger partial charge on any atom is 0.251 e. The van der Waals surface area contributed by atoms with E-state index in [0.29, 0.717) is 6.04 Å². The average molecular weight is 206 g/mol. The van der Waals surface area contributed by atoms with Crippen molar-refractivity contribution in [3.05, 3.63) is 0 Å². The number of halogens is 2. The number of nitrogens with zero attached hydrogens (tertiary/aromatic N) is 1. The third-order valence-corrected chi connectivity index (χ3v) is 2.72. The highest BCUT2D eigenvalue weighted by Crippen LogP contribution is 2.10. The van der Waals surface area contributed by atoms with Gasteiger partial charge in [-0.1, -0.05) is 0 Å². The first-order valence-corrected chi connectivity index (χ1v) is 5.35. The lowest BCUT2D eigenvalue weighted by Crippen LogP contribution is -2.43. The van der Waals surface area contributed by atoms with Crippen LogP contribution in [0.25, 0.3) is 0 Å². The fourth-order valence-corrected chi connectivity index (χ4v) is 1.87. The van der Waals surface area contributed by atoms with Crippen LogP contribution in [0.15, 0.2) is 0 Å². The van der Waals surface area contributed by atoms with Crippen molar-refractivity contribution < 1.29 is 8.78 Å². The molecule has 1 N–H and O–H groups in total. The molecule has 14 heavy (non-hydrogen) atoms. The van der Waals surface area contributed by atoms with Crippen LogP contribution in [0.3, 0.4) is 0 Å². The largest absolute Gasteiger partial charge is 0.313 e. The van der Waals surface area contributed by atoms with E-state index in [4.69, 9.17) is 0 Å². The van der Waals surface area contributed by atoms with Crippen LogP contribution in [0.5, 0.6) is 0 Å². The second-order valence-corrected chi connectivity index (χ2v) is 4.23. The molecule has 1 heterocycles. The van der Waals surface area contributed by atoms with Gasteiger partial charge in [-0.05, 0) is 33.2 Å². The van der Waals surface area contributed by atoms with Gasteiger partial charge in [0.1, 0.15) is 0 Å². The summed E-state index contributed by atoms with van der Waals surface area (Å²) in [6.45, 7) is 5.62. The van der Waals surface area contributed by atoms with E-state index >= 15 is 0 Å². The summed E-state index contributed by atoms with van der Waals surface area (Å²) in [6.07, 6.45) is 0.0661. The average Bonchev–Trinajstić information content (AvgIpc) is 2.54. The van der Waals surface area contributed by atoms with E-state index in [1.807, 2.05) is 18.7 Å². The predicted molar refractivity (Wildman–Crippen MR) is 53.7 cm³/mol. The molecule has 1 rings (SSSR count). The van der Waals surface area contributed by atoms with Crippen LogP contribution < -0.4 is 5.32 Å². The monoisotopic (exact) mass is 206 g/mol. The zero-order valence-corrected chi connectivity index (χ0v) is 8.97. The topological polar surface area (TPSA) is 15.3 Å². The van der Waals surface area contributed by atoms with Crippen molar-refractivity contribution in [1.82, 2.24) is 10.2 Å². The Hall–Kier alpha value is -0.220. The lowest BCUT2D eigenvalue weighted by molar-refractivity contribution is 0.0686. The number of alkyl halides is 2. The lowest BCUT2D eigenvalue weighted by Gasteiger charge is -2.28. The van der Waals surface area contributed by atoms with Gasteiger partial charge >= 0.3 is 0 Å². The van der Waals surface area contributed by atoms with Crippen molar-refractivity contribution in [3.63, 3.8) is 0 Å². The molecule has 4 heteroatoms. The van der Waals surface area contributed by atoms with E-state index < -0.39 is 6.43 Å². The first-order valence-electron chi connectivity index (χ1n) is 5.35. The molecule has 0 amide bonds. The molecule has 0 aromatic heterocycles. The van der Waals surface area contributed by atoms with E-state index in [1.54, 1.807) is 0 Å². The number of rotatable bonds is 5. The Morgan fingerprint density at radius 3 is 2.57 bits per heavy atom. The fraction of sp³-hybridized carbons (Fsp3) is 1.00. The van der Waals surface area contributed by atoms with Gasteiger partial charge in [-0.25, -0.2) is 8.78 Å². The quantitative estimate of drug-likeness (QED) is 0.736. The summed E-state index contributed by atoms with van der Waals surface area (Å²) >= 11 is 0. The summed E-state index contributed by atoms with van der Waals surface area (Å²) in [6, 6.07) is 0.613. The molecule has 1 atom stereocenters. The number of hydrogen-bond acceptors (Lipinski definition) is 2. The van der Waals surface area contributed by atoms with Crippen LogP contribution in [0, 0.1) is 0 Å². The number of nitrogens with one attached hydrogen (secondary N) is 1. The van der Waals surface area contributed by atoms with Crippen LogP contribution in [0.1, 0.15) is 26.7 Å². The molecule has 0 spiro atoms. The Labute approximate surface area is 84.7 Å². The Bertz CT molecular complexity index is 156. The van der Waals surface area contributed by atoms with Crippen LogP contribution in [0.4, 0.5) is 8.78 Å². The Kier molecular flexibility index (Phi) is 4.75. The summed E-state index contributed by atoms with van der Waals surface area (Å²) < 4.78 is 24.5. The molecule has 1 aliphatic rings. The third-order valence-electron chi connectivity index (χ3n) is 2.72. The highest BCUT2D eigenvalue weighted by molar-refractivity contribution is 4.79. The Morgan fingerprint density at radius 2 is 2.14 bits per heavy atom. The summed E-state index contributed by atoms with van der Waals surface area (Å²) in [4.78, 5) is 1.85. The Morgan fingerprint density at radius 1 is 1.43 bits per heavy atom. The van der Waals surface area contributed by atoms with Crippen LogP contribution >= 0.6 is 0 Å². The molecule has 84 valence electrons. The molecule has 1 unspecified atom stereocenters. The van der Waals surface area contributed by atoms with Gasteiger partial charge in [0.2, 0.25) is 0 Å². The minimum Gasteiger partial charge on any atom is -0.313 e. The molecule has 0 aliphatic carbocycles. The first-order chi connectivity index (χ1) is 6.59. The van der Waals surface area contributed by atoms with Crippen molar-refractivity contribution in [2.24, 2.45) is 0 Å². The van der Waals surface area contributed by atoms with Crippen molar-refractivity contribution >= 4 is 0 Å². The van der Waals surface area contributed by atoms with Crippen molar-refractivity contribution in [3.8, 4) is 0 Å². The zero-order chi connectivity index (χ0) is 10.6. The summed E-state index contributed by atoms with van der Waals surface area (Å²) in [7, 11) is 0. The smallest absolute Gasteiger partial charge is 0.251 e. The van der Waals surface area contributed by atoms with Crippen LogP contribution in [-0.2, 0) is 0 Å². The second kappa shape index (κ2) is 5.61. The molecule has 0 saturated carbocycles. The normalized spacial score (nSPS) is 22.9.